The van der Waals surface area contributed by atoms with Gasteiger partial charge in [-0.25, -0.2) is 4.79 Å². The van der Waals surface area contributed by atoms with Gasteiger partial charge in [-0.3, -0.25) is 0 Å². The standard InChI is InChI=1S/C15H20N4O2/c1-4-16-15(20)19(11(2)3)10-13-17-14(18-21-13)12-8-6-5-7-9-12/h5-9,11H,4,10H2,1-3H3,(H,16,20). The molecule has 0 radical (unpaired) electrons. The van der Waals surface area contributed by atoms with Crippen LogP contribution in [0.1, 0.15) is 26.7 Å². The van der Waals surface area contributed by atoms with E-state index in [1.54, 1.807) is 4.90 Å². The van der Waals surface area contributed by atoms with E-state index in [9.17, 15) is 4.79 Å². The maximum atomic E-state index is 12.0. The zero-order valence-corrected chi connectivity index (χ0v) is 12.5. The Kier molecular flexibility index (Phi) is 4.92. The van der Waals surface area contributed by atoms with Crippen molar-refractivity contribution < 1.29 is 9.32 Å². The lowest BCUT2D eigenvalue weighted by molar-refractivity contribution is 0.170. The number of carbonyl (C=O) groups is 1. The maximum absolute atomic E-state index is 12.0. The number of benzene rings is 1. The van der Waals surface area contributed by atoms with Crippen molar-refractivity contribution in [1.82, 2.24) is 20.4 Å². The number of rotatable bonds is 5. The molecular weight excluding hydrogens is 268 g/mol. The highest BCUT2D eigenvalue weighted by Gasteiger charge is 2.20. The quantitative estimate of drug-likeness (QED) is 0.918. The van der Waals surface area contributed by atoms with E-state index < -0.39 is 0 Å². The fourth-order valence-corrected chi connectivity index (χ4v) is 1.91. The first-order chi connectivity index (χ1) is 10.1. The molecule has 2 aromatic rings. The molecule has 0 saturated heterocycles. The molecule has 1 aromatic heterocycles. The van der Waals surface area contributed by atoms with Gasteiger partial charge in [0.1, 0.15) is 6.54 Å². The van der Waals surface area contributed by atoms with Crippen LogP contribution < -0.4 is 5.32 Å². The summed E-state index contributed by atoms with van der Waals surface area (Å²) in [6.45, 7) is 6.66. The van der Waals surface area contributed by atoms with E-state index in [4.69, 9.17) is 4.52 Å². The van der Waals surface area contributed by atoms with Crippen molar-refractivity contribution in [2.45, 2.75) is 33.4 Å². The van der Waals surface area contributed by atoms with Crippen LogP contribution in [-0.2, 0) is 6.54 Å². The molecule has 0 atom stereocenters. The molecule has 112 valence electrons. The molecule has 0 aliphatic rings. The number of urea groups is 1. The number of hydrogen-bond donors (Lipinski definition) is 1. The van der Waals surface area contributed by atoms with E-state index in [1.807, 2.05) is 51.1 Å². The molecule has 6 nitrogen and oxygen atoms in total. The second kappa shape index (κ2) is 6.88. The number of nitrogens with one attached hydrogen (secondary N) is 1. The monoisotopic (exact) mass is 288 g/mol. The van der Waals surface area contributed by atoms with Crippen LogP contribution in [0, 0.1) is 0 Å². The third-order valence-corrected chi connectivity index (χ3v) is 3.02. The Hall–Kier alpha value is -2.37. The summed E-state index contributed by atoms with van der Waals surface area (Å²) in [5.41, 5.74) is 0.890. The first kappa shape index (κ1) is 15.0. The minimum absolute atomic E-state index is 0.0450. The Morgan fingerprint density at radius 1 is 1.33 bits per heavy atom. The molecule has 0 bridgehead atoms. The largest absolute Gasteiger partial charge is 0.338 e. The van der Waals surface area contributed by atoms with E-state index in [1.165, 1.54) is 0 Å². The average Bonchev–Trinajstić information content (AvgIpc) is 2.94. The van der Waals surface area contributed by atoms with Crippen LogP contribution in [0.15, 0.2) is 34.9 Å². The Bertz CT molecular complexity index is 580. The van der Waals surface area contributed by atoms with Gasteiger partial charge in [0, 0.05) is 18.2 Å². The fourth-order valence-electron chi connectivity index (χ4n) is 1.91. The molecular formula is C15H20N4O2. The topological polar surface area (TPSA) is 71.3 Å². The Balaban J connectivity index is 2.12. The van der Waals surface area contributed by atoms with Crippen molar-refractivity contribution in [2.75, 3.05) is 6.54 Å². The number of aromatic nitrogens is 2. The van der Waals surface area contributed by atoms with E-state index in [0.717, 1.165) is 5.56 Å². The van der Waals surface area contributed by atoms with Crippen LogP contribution in [0.3, 0.4) is 0 Å². The highest BCUT2D eigenvalue weighted by Crippen LogP contribution is 2.16. The van der Waals surface area contributed by atoms with Gasteiger partial charge in [-0.2, -0.15) is 4.98 Å². The van der Waals surface area contributed by atoms with E-state index in [-0.39, 0.29) is 12.1 Å². The van der Waals surface area contributed by atoms with Crippen LogP contribution in [0.2, 0.25) is 0 Å². The smallest absolute Gasteiger partial charge is 0.318 e. The van der Waals surface area contributed by atoms with Gasteiger partial charge in [-0.05, 0) is 20.8 Å². The predicted molar refractivity (Wildman–Crippen MR) is 79.5 cm³/mol. The van der Waals surface area contributed by atoms with Gasteiger partial charge in [0.15, 0.2) is 0 Å². The van der Waals surface area contributed by atoms with Gasteiger partial charge in [0.2, 0.25) is 11.7 Å². The van der Waals surface area contributed by atoms with Gasteiger partial charge in [-0.15, -0.1) is 0 Å². The summed E-state index contributed by atoms with van der Waals surface area (Å²) in [5, 5.41) is 6.74. The summed E-state index contributed by atoms with van der Waals surface area (Å²) in [4.78, 5) is 18.0. The summed E-state index contributed by atoms with van der Waals surface area (Å²) in [5.74, 6) is 0.957. The summed E-state index contributed by atoms with van der Waals surface area (Å²) in [7, 11) is 0. The van der Waals surface area contributed by atoms with Crippen molar-refractivity contribution >= 4 is 6.03 Å². The fraction of sp³-hybridized carbons (Fsp3) is 0.400. The van der Waals surface area contributed by atoms with Gasteiger partial charge >= 0.3 is 6.03 Å². The third kappa shape index (κ3) is 3.81. The number of amides is 2. The van der Waals surface area contributed by atoms with Gasteiger partial charge in [-0.1, -0.05) is 35.5 Å². The van der Waals surface area contributed by atoms with Crippen LogP contribution in [0.5, 0.6) is 0 Å². The lowest BCUT2D eigenvalue weighted by atomic mass is 10.2. The molecule has 2 rings (SSSR count). The zero-order valence-electron chi connectivity index (χ0n) is 12.5. The van der Waals surface area contributed by atoms with Crippen molar-refractivity contribution in [3.05, 3.63) is 36.2 Å². The molecule has 1 heterocycles. The maximum Gasteiger partial charge on any atom is 0.318 e. The molecule has 0 aliphatic carbocycles. The lowest BCUT2D eigenvalue weighted by Crippen LogP contribution is -2.43. The molecule has 0 unspecified atom stereocenters. The molecule has 1 N–H and O–H groups in total. The number of hydrogen-bond acceptors (Lipinski definition) is 4. The Morgan fingerprint density at radius 2 is 2.05 bits per heavy atom. The molecule has 21 heavy (non-hydrogen) atoms. The lowest BCUT2D eigenvalue weighted by Gasteiger charge is -2.24. The van der Waals surface area contributed by atoms with Gasteiger partial charge in [0.05, 0.1) is 0 Å². The van der Waals surface area contributed by atoms with E-state index >= 15 is 0 Å². The van der Waals surface area contributed by atoms with Crippen LogP contribution in [-0.4, -0.2) is 33.7 Å². The SMILES string of the molecule is CCNC(=O)N(Cc1nc(-c2ccccc2)no1)C(C)C. The van der Waals surface area contributed by atoms with Gasteiger partial charge < -0.3 is 14.7 Å². The minimum Gasteiger partial charge on any atom is -0.338 e. The summed E-state index contributed by atoms with van der Waals surface area (Å²) in [6, 6.07) is 9.51. The number of carbonyl (C=O) groups excluding carboxylic acids is 1. The van der Waals surface area contributed by atoms with Gasteiger partial charge in [0.25, 0.3) is 0 Å². The highest BCUT2D eigenvalue weighted by molar-refractivity contribution is 5.74. The highest BCUT2D eigenvalue weighted by atomic mass is 16.5. The summed E-state index contributed by atoms with van der Waals surface area (Å²) < 4.78 is 5.25. The normalized spacial score (nSPS) is 10.7. The third-order valence-electron chi connectivity index (χ3n) is 3.02. The Labute approximate surface area is 124 Å². The van der Waals surface area contributed by atoms with Crippen molar-refractivity contribution in [2.24, 2.45) is 0 Å². The van der Waals surface area contributed by atoms with Crippen LogP contribution >= 0.6 is 0 Å². The predicted octanol–water partition coefficient (Wildman–Crippen LogP) is 2.68. The molecule has 1 aromatic carbocycles. The molecule has 0 spiro atoms. The van der Waals surface area contributed by atoms with E-state index in [2.05, 4.69) is 15.5 Å². The second-order valence-electron chi connectivity index (χ2n) is 4.93. The molecule has 6 heteroatoms. The minimum atomic E-state index is -0.132. The second-order valence-corrected chi connectivity index (χ2v) is 4.93. The summed E-state index contributed by atoms with van der Waals surface area (Å²) in [6.07, 6.45) is 0. The van der Waals surface area contributed by atoms with Crippen molar-refractivity contribution in [3.63, 3.8) is 0 Å². The first-order valence-corrected chi connectivity index (χ1v) is 7.04. The molecule has 0 fully saturated rings. The van der Waals surface area contributed by atoms with Crippen LogP contribution in [0.4, 0.5) is 4.79 Å². The van der Waals surface area contributed by atoms with Crippen molar-refractivity contribution in [1.29, 1.82) is 0 Å². The van der Waals surface area contributed by atoms with Crippen molar-refractivity contribution in [3.8, 4) is 11.4 Å². The first-order valence-electron chi connectivity index (χ1n) is 7.04. The zero-order chi connectivity index (χ0) is 15.2. The molecule has 2 amide bonds. The molecule has 0 saturated carbocycles. The average molecular weight is 288 g/mol. The summed E-state index contributed by atoms with van der Waals surface area (Å²) >= 11 is 0. The molecule has 0 aliphatic heterocycles. The van der Waals surface area contributed by atoms with Crippen LogP contribution in [0.25, 0.3) is 11.4 Å². The van der Waals surface area contributed by atoms with E-state index in [0.29, 0.717) is 24.8 Å². The number of nitrogens with zero attached hydrogens (tertiary/aromatic N) is 3. The Morgan fingerprint density at radius 3 is 2.67 bits per heavy atom.